The summed E-state index contributed by atoms with van der Waals surface area (Å²) in [6, 6.07) is 15.9. The smallest absolute Gasteiger partial charge is 0.326 e. The van der Waals surface area contributed by atoms with Crippen LogP contribution >= 0.6 is 11.3 Å². The summed E-state index contributed by atoms with van der Waals surface area (Å²) in [5.41, 5.74) is 1.81. The zero-order valence-electron chi connectivity index (χ0n) is 20.0. The first-order valence-corrected chi connectivity index (χ1v) is 13.4. The highest BCUT2D eigenvalue weighted by molar-refractivity contribution is 7.89. The molecular formula is C25H24N4O6S2. The Hall–Kier alpha value is -4.05. The van der Waals surface area contributed by atoms with Crippen molar-refractivity contribution in [2.75, 3.05) is 18.5 Å². The summed E-state index contributed by atoms with van der Waals surface area (Å²) in [5, 5.41) is 14.1. The molecule has 1 atom stereocenters. The standard InChI is InChI=1S/C25H24N4O6S2/c1-3-35-25(32)20(29-37(33,34)19-10-4-16(2)5-11-19)15-27-23(30)21-12-13-22(36-21)24(31)28-18-8-6-17(14-26)7-9-18/h4-13,20,29H,3,15H2,1-2H3,(H,27,30)(H,28,31)/t20-/m1/s1. The molecule has 0 saturated heterocycles. The predicted molar refractivity (Wildman–Crippen MR) is 138 cm³/mol. The molecule has 192 valence electrons. The maximum atomic E-state index is 12.8. The highest BCUT2D eigenvalue weighted by Crippen LogP contribution is 2.19. The van der Waals surface area contributed by atoms with Gasteiger partial charge < -0.3 is 15.4 Å². The number of thiophene rings is 1. The molecule has 3 N–H and O–H groups in total. The number of sulfonamides is 1. The van der Waals surface area contributed by atoms with Gasteiger partial charge in [0.05, 0.1) is 32.9 Å². The van der Waals surface area contributed by atoms with Crippen molar-refractivity contribution < 1.29 is 27.5 Å². The van der Waals surface area contributed by atoms with E-state index in [0.29, 0.717) is 11.3 Å². The van der Waals surface area contributed by atoms with Crippen LogP contribution in [0.25, 0.3) is 0 Å². The second kappa shape index (κ2) is 12.3. The number of anilines is 1. The lowest BCUT2D eigenvalue weighted by atomic mass is 10.2. The lowest BCUT2D eigenvalue weighted by Crippen LogP contribution is -2.49. The number of benzene rings is 2. The van der Waals surface area contributed by atoms with Crippen LogP contribution in [-0.4, -0.2) is 45.4 Å². The van der Waals surface area contributed by atoms with Crippen LogP contribution in [0, 0.1) is 18.3 Å². The lowest BCUT2D eigenvalue weighted by molar-refractivity contribution is -0.144. The Morgan fingerprint density at radius 3 is 2.19 bits per heavy atom. The summed E-state index contributed by atoms with van der Waals surface area (Å²) in [7, 11) is -4.06. The molecule has 0 radical (unpaired) electrons. The molecule has 3 rings (SSSR count). The molecule has 1 heterocycles. The summed E-state index contributed by atoms with van der Waals surface area (Å²) in [5.74, 6) is -1.87. The van der Waals surface area contributed by atoms with Gasteiger partial charge in [-0.25, -0.2) is 8.42 Å². The second-order valence-electron chi connectivity index (χ2n) is 7.76. The van der Waals surface area contributed by atoms with E-state index in [1.54, 1.807) is 43.3 Å². The van der Waals surface area contributed by atoms with Gasteiger partial charge in [-0.2, -0.15) is 9.98 Å². The minimum absolute atomic E-state index is 0.0260. The van der Waals surface area contributed by atoms with Crippen molar-refractivity contribution in [1.29, 1.82) is 5.26 Å². The number of ether oxygens (including phenoxy) is 1. The topological polar surface area (TPSA) is 154 Å². The number of hydrogen-bond donors (Lipinski definition) is 3. The van der Waals surface area contributed by atoms with Crippen molar-refractivity contribution in [2.45, 2.75) is 24.8 Å². The third-order valence-corrected chi connectivity index (χ3v) is 7.56. The van der Waals surface area contributed by atoms with E-state index in [1.165, 1.54) is 24.3 Å². The normalized spacial score (nSPS) is 11.7. The summed E-state index contributed by atoms with van der Waals surface area (Å²) in [6.45, 7) is 3.05. The number of carbonyl (C=O) groups excluding carboxylic acids is 3. The SMILES string of the molecule is CCOC(=O)[C@@H](CNC(=O)c1ccc(C(=O)Nc2ccc(C#N)cc2)s1)NS(=O)(=O)c1ccc(C)cc1. The third-order valence-electron chi connectivity index (χ3n) is 4.99. The molecule has 0 unspecified atom stereocenters. The van der Waals surface area contributed by atoms with E-state index >= 15 is 0 Å². The average Bonchev–Trinajstić information content (AvgIpc) is 3.38. The first-order valence-electron chi connectivity index (χ1n) is 11.1. The average molecular weight is 541 g/mol. The van der Waals surface area contributed by atoms with Crippen molar-refractivity contribution in [3.63, 3.8) is 0 Å². The van der Waals surface area contributed by atoms with Crippen molar-refractivity contribution >= 4 is 44.8 Å². The Kier molecular flexibility index (Phi) is 9.13. The van der Waals surface area contributed by atoms with Crippen LogP contribution in [0.4, 0.5) is 5.69 Å². The monoisotopic (exact) mass is 540 g/mol. The number of hydrogen-bond acceptors (Lipinski definition) is 8. The van der Waals surface area contributed by atoms with Crippen molar-refractivity contribution in [3.8, 4) is 6.07 Å². The van der Waals surface area contributed by atoms with Crippen LogP contribution in [0.5, 0.6) is 0 Å². The summed E-state index contributed by atoms with van der Waals surface area (Å²) >= 11 is 0.926. The van der Waals surface area contributed by atoms with Gasteiger partial charge in [0.25, 0.3) is 11.8 Å². The van der Waals surface area contributed by atoms with E-state index in [9.17, 15) is 22.8 Å². The third kappa shape index (κ3) is 7.47. The quantitative estimate of drug-likeness (QED) is 0.334. The molecule has 0 spiro atoms. The number of nitrogens with one attached hydrogen (secondary N) is 3. The maximum absolute atomic E-state index is 12.8. The lowest BCUT2D eigenvalue weighted by Gasteiger charge is -2.18. The van der Waals surface area contributed by atoms with E-state index in [2.05, 4.69) is 15.4 Å². The number of rotatable bonds is 10. The number of aryl methyl sites for hydroxylation is 1. The minimum atomic E-state index is -4.06. The van der Waals surface area contributed by atoms with Gasteiger partial charge in [-0.1, -0.05) is 17.7 Å². The maximum Gasteiger partial charge on any atom is 0.326 e. The molecule has 0 fully saturated rings. The fraction of sp³-hybridized carbons (Fsp3) is 0.200. The summed E-state index contributed by atoms with van der Waals surface area (Å²) < 4.78 is 32.7. The number of nitrogens with zero attached hydrogens (tertiary/aromatic N) is 1. The molecule has 0 aliphatic rings. The predicted octanol–water partition coefficient (Wildman–Crippen LogP) is 2.82. The molecular weight excluding hydrogens is 516 g/mol. The summed E-state index contributed by atoms with van der Waals surface area (Å²) in [6.07, 6.45) is 0. The first-order chi connectivity index (χ1) is 17.6. The van der Waals surface area contributed by atoms with Crippen LogP contribution in [0.1, 0.15) is 37.4 Å². The minimum Gasteiger partial charge on any atom is -0.465 e. The molecule has 2 aromatic carbocycles. The van der Waals surface area contributed by atoms with Crippen molar-refractivity contribution in [3.05, 3.63) is 81.5 Å². The molecule has 1 aromatic heterocycles. The van der Waals surface area contributed by atoms with Gasteiger partial charge in [0, 0.05) is 12.2 Å². The van der Waals surface area contributed by atoms with E-state index in [-0.39, 0.29) is 27.8 Å². The second-order valence-corrected chi connectivity index (χ2v) is 10.6. The zero-order valence-corrected chi connectivity index (χ0v) is 21.6. The first kappa shape index (κ1) is 27.5. The fourth-order valence-electron chi connectivity index (χ4n) is 3.07. The van der Waals surface area contributed by atoms with E-state index in [0.717, 1.165) is 16.9 Å². The number of carbonyl (C=O) groups is 3. The van der Waals surface area contributed by atoms with Crippen molar-refractivity contribution in [1.82, 2.24) is 10.0 Å². The van der Waals surface area contributed by atoms with Gasteiger partial charge >= 0.3 is 5.97 Å². The Labute approximate surface area is 218 Å². The highest BCUT2D eigenvalue weighted by atomic mass is 32.2. The molecule has 2 amide bonds. The molecule has 0 aliphatic heterocycles. The Balaban J connectivity index is 1.65. The van der Waals surface area contributed by atoms with Gasteiger partial charge in [0.15, 0.2) is 0 Å². The van der Waals surface area contributed by atoms with E-state index < -0.39 is 33.8 Å². The fourth-order valence-corrected chi connectivity index (χ4v) is 5.08. The molecule has 3 aromatic rings. The highest BCUT2D eigenvalue weighted by Gasteiger charge is 2.28. The van der Waals surface area contributed by atoms with Gasteiger partial charge in [-0.15, -0.1) is 11.3 Å². The Morgan fingerprint density at radius 1 is 0.973 bits per heavy atom. The van der Waals surface area contributed by atoms with E-state index in [1.807, 2.05) is 13.0 Å². The van der Waals surface area contributed by atoms with Crippen LogP contribution in [0.15, 0.2) is 65.6 Å². The van der Waals surface area contributed by atoms with Crippen molar-refractivity contribution in [2.24, 2.45) is 0 Å². The van der Waals surface area contributed by atoms with Gasteiger partial charge in [0.1, 0.15) is 6.04 Å². The molecule has 10 nitrogen and oxygen atoms in total. The number of esters is 1. The Morgan fingerprint density at radius 2 is 1.59 bits per heavy atom. The van der Waals surface area contributed by atoms with E-state index in [4.69, 9.17) is 10.00 Å². The van der Waals surface area contributed by atoms with Gasteiger partial charge in [-0.05, 0) is 62.4 Å². The molecule has 0 aliphatic carbocycles. The molecule has 0 saturated carbocycles. The zero-order chi connectivity index (χ0) is 27.0. The number of amides is 2. The molecule has 12 heteroatoms. The molecule has 0 bridgehead atoms. The van der Waals surface area contributed by atoms with Crippen LogP contribution in [0.2, 0.25) is 0 Å². The Bertz CT molecular complexity index is 1430. The summed E-state index contributed by atoms with van der Waals surface area (Å²) in [4.78, 5) is 38.0. The van der Waals surface area contributed by atoms with Gasteiger partial charge in [-0.3, -0.25) is 14.4 Å². The van der Waals surface area contributed by atoms with Crippen LogP contribution < -0.4 is 15.4 Å². The number of nitriles is 1. The van der Waals surface area contributed by atoms with Gasteiger partial charge in [0.2, 0.25) is 10.0 Å². The largest absolute Gasteiger partial charge is 0.465 e. The van der Waals surface area contributed by atoms with Crippen LogP contribution in [-0.2, 0) is 19.6 Å². The van der Waals surface area contributed by atoms with Crippen LogP contribution in [0.3, 0.4) is 0 Å². The molecule has 37 heavy (non-hydrogen) atoms.